The van der Waals surface area contributed by atoms with E-state index in [0.29, 0.717) is 18.0 Å². The predicted octanol–water partition coefficient (Wildman–Crippen LogP) is 2.16. The molecule has 0 saturated heterocycles. The Morgan fingerprint density at radius 2 is 2.14 bits per heavy atom. The average Bonchev–Trinajstić information content (AvgIpc) is 2.94. The first-order valence-corrected chi connectivity index (χ1v) is 7.09. The van der Waals surface area contributed by atoms with Gasteiger partial charge in [0, 0.05) is 18.2 Å². The maximum absolute atomic E-state index is 11.9. The third kappa shape index (κ3) is 4.72. The van der Waals surface area contributed by atoms with Crippen molar-refractivity contribution in [2.24, 2.45) is 0 Å². The van der Waals surface area contributed by atoms with E-state index >= 15 is 0 Å². The van der Waals surface area contributed by atoms with Gasteiger partial charge in [0.15, 0.2) is 0 Å². The molecule has 1 unspecified atom stereocenters. The van der Waals surface area contributed by atoms with E-state index in [9.17, 15) is 4.79 Å². The van der Waals surface area contributed by atoms with Crippen LogP contribution in [-0.4, -0.2) is 28.6 Å². The van der Waals surface area contributed by atoms with Crippen LogP contribution in [0.1, 0.15) is 25.5 Å². The smallest absolute Gasteiger partial charge is 0.226 e. The molecule has 0 aliphatic rings. The highest BCUT2D eigenvalue weighted by Crippen LogP contribution is 2.18. The standard InChI is InChI=1S/C16H20N2O3/c1-12(6-5-9-19)17-15(20)10-14-11-21-16(18-14)13-7-3-2-4-8-13/h2-4,7-8,11-12,19H,5-6,9-10H2,1H3,(H,17,20). The van der Waals surface area contributed by atoms with E-state index in [4.69, 9.17) is 9.52 Å². The van der Waals surface area contributed by atoms with E-state index in [0.717, 1.165) is 12.0 Å². The number of carbonyl (C=O) groups is 1. The monoisotopic (exact) mass is 288 g/mol. The molecule has 0 spiro atoms. The number of amides is 1. The van der Waals surface area contributed by atoms with Crippen molar-refractivity contribution < 1.29 is 14.3 Å². The van der Waals surface area contributed by atoms with Crippen LogP contribution in [0.2, 0.25) is 0 Å². The number of rotatable bonds is 7. The van der Waals surface area contributed by atoms with Gasteiger partial charge in [-0.3, -0.25) is 4.79 Å². The Labute approximate surface area is 124 Å². The molecule has 5 nitrogen and oxygen atoms in total. The summed E-state index contributed by atoms with van der Waals surface area (Å²) in [5.41, 5.74) is 1.50. The summed E-state index contributed by atoms with van der Waals surface area (Å²) in [5, 5.41) is 11.6. The zero-order chi connectivity index (χ0) is 15.1. The van der Waals surface area contributed by atoms with Crippen molar-refractivity contribution in [3.8, 4) is 11.5 Å². The lowest BCUT2D eigenvalue weighted by molar-refractivity contribution is -0.121. The largest absolute Gasteiger partial charge is 0.444 e. The van der Waals surface area contributed by atoms with Gasteiger partial charge in [-0.1, -0.05) is 18.2 Å². The number of aromatic nitrogens is 1. The normalized spacial score (nSPS) is 12.1. The number of nitrogens with one attached hydrogen (secondary N) is 1. The lowest BCUT2D eigenvalue weighted by atomic mass is 10.2. The van der Waals surface area contributed by atoms with Gasteiger partial charge in [-0.15, -0.1) is 0 Å². The van der Waals surface area contributed by atoms with Crippen LogP contribution in [0.3, 0.4) is 0 Å². The number of benzene rings is 1. The summed E-state index contributed by atoms with van der Waals surface area (Å²) in [5.74, 6) is 0.431. The minimum Gasteiger partial charge on any atom is -0.444 e. The van der Waals surface area contributed by atoms with E-state index in [2.05, 4.69) is 10.3 Å². The minimum absolute atomic E-state index is 0.0464. The number of oxazole rings is 1. The zero-order valence-corrected chi connectivity index (χ0v) is 12.1. The first kappa shape index (κ1) is 15.3. The Morgan fingerprint density at radius 3 is 2.86 bits per heavy atom. The van der Waals surface area contributed by atoms with Crippen molar-refractivity contribution in [3.63, 3.8) is 0 Å². The Balaban J connectivity index is 1.89. The van der Waals surface area contributed by atoms with Gasteiger partial charge in [0.05, 0.1) is 12.1 Å². The lowest BCUT2D eigenvalue weighted by Crippen LogP contribution is -2.33. The first-order valence-electron chi connectivity index (χ1n) is 7.09. The fraction of sp³-hybridized carbons (Fsp3) is 0.375. The highest BCUT2D eigenvalue weighted by Gasteiger charge is 2.12. The van der Waals surface area contributed by atoms with Gasteiger partial charge in [-0.05, 0) is 31.9 Å². The molecule has 1 aromatic heterocycles. The molecule has 5 heteroatoms. The van der Waals surface area contributed by atoms with Gasteiger partial charge in [0.2, 0.25) is 11.8 Å². The van der Waals surface area contributed by atoms with Crippen LogP contribution in [0.4, 0.5) is 0 Å². The molecule has 0 bridgehead atoms. The van der Waals surface area contributed by atoms with E-state index in [1.807, 2.05) is 37.3 Å². The van der Waals surface area contributed by atoms with Crippen LogP contribution >= 0.6 is 0 Å². The Bertz CT molecular complexity index is 566. The van der Waals surface area contributed by atoms with Crippen LogP contribution in [0.5, 0.6) is 0 Å². The molecule has 0 aliphatic heterocycles. The van der Waals surface area contributed by atoms with Crippen LogP contribution in [-0.2, 0) is 11.2 Å². The van der Waals surface area contributed by atoms with Gasteiger partial charge >= 0.3 is 0 Å². The van der Waals surface area contributed by atoms with Crippen molar-refractivity contribution in [2.45, 2.75) is 32.2 Å². The van der Waals surface area contributed by atoms with Crippen molar-refractivity contribution in [1.29, 1.82) is 0 Å². The fourth-order valence-corrected chi connectivity index (χ4v) is 2.06. The quantitative estimate of drug-likeness (QED) is 0.818. The number of aliphatic hydroxyl groups excluding tert-OH is 1. The number of hydrogen-bond acceptors (Lipinski definition) is 4. The van der Waals surface area contributed by atoms with E-state index in [1.165, 1.54) is 6.26 Å². The van der Waals surface area contributed by atoms with E-state index in [-0.39, 0.29) is 25.0 Å². The summed E-state index contributed by atoms with van der Waals surface area (Å²) in [6.45, 7) is 2.07. The molecule has 1 heterocycles. The first-order chi connectivity index (χ1) is 10.2. The molecule has 1 aromatic carbocycles. The number of aliphatic hydroxyl groups is 1. The van der Waals surface area contributed by atoms with Crippen LogP contribution in [0, 0.1) is 0 Å². The molecule has 1 atom stereocenters. The second-order valence-electron chi connectivity index (χ2n) is 5.02. The summed E-state index contributed by atoms with van der Waals surface area (Å²) in [6, 6.07) is 9.61. The Morgan fingerprint density at radius 1 is 1.38 bits per heavy atom. The number of hydrogen-bond donors (Lipinski definition) is 2. The third-order valence-corrected chi connectivity index (χ3v) is 3.12. The molecule has 0 radical (unpaired) electrons. The predicted molar refractivity (Wildman–Crippen MR) is 79.6 cm³/mol. The minimum atomic E-state index is -0.0895. The summed E-state index contributed by atoms with van der Waals surface area (Å²) in [7, 11) is 0. The zero-order valence-electron chi connectivity index (χ0n) is 12.1. The molecule has 2 N–H and O–H groups in total. The summed E-state index contributed by atoms with van der Waals surface area (Å²) in [6.07, 6.45) is 3.15. The van der Waals surface area contributed by atoms with Crippen molar-refractivity contribution in [3.05, 3.63) is 42.3 Å². The summed E-state index contributed by atoms with van der Waals surface area (Å²) < 4.78 is 5.40. The third-order valence-electron chi connectivity index (χ3n) is 3.12. The SMILES string of the molecule is CC(CCCO)NC(=O)Cc1coc(-c2ccccc2)n1. The molecular weight excluding hydrogens is 268 g/mol. The second-order valence-corrected chi connectivity index (χ2v) is 5.02. The highest BCUT2D eigenvalue weighted by atomic mass is 16.3. The summed E-state index contributed by atoms with van der Waals surface area (Å²) in [4.78, 5) is 16.2. The molecule has 21 heavy (non-hydrogen) atoms. The van der Waals surface area contributed by atoms with Gasteiger partial charge in [0.1, 0.15) is 6.26 Å². The van der Waals surface area contributed by atoms with Crippen LogP contribution in [0.25, 0.3) is 11.5 Å². The van der Waals surface area contributed by atoms with E-state index < -0.39 is 0 Å². The van der Waals surface area contributed by atoms with Gasteiger partial charge in [-0.25, -0.2) is 4.98 Å². The molecule has 0 fully saturated rings. The van der Waals surface area contributed by atoms with Gasteiger partial charge < -0.3 is 14.8 Å². The Kier molecular flexibility index (Phi) is 5.51. The second kappa shape index (κ2) is 7.59. The molecule has 2 aromatic rings. The molecular formula is C16H20N2O3. The van der Waals surface area contributed by atoms with Crippen LogP contribution in [0.15, 0.2) is 41.0 Å². The van der Waals surface area contributed by atoms with Crippen LogP contribution < -0.4 is 5.32 Å². The fourth-order valence-electron chi connectivity index (χ4n) is 2.06. The average molecular weight is 288 g/mol. The van der Waals surface area contributed by atoms with E-state index in [1.54, 1.807) is 0 Å². The lowest BCUT2D eigenvalue weighted by Gasteiger charge is -2.12. The van der Waals surface area contributed by atoms with Crippen molar-refractivity contribution in [1.82, 2.24) is 10.3 Å². The van der Waals surface area contributed by atoms with Gasteiger partial charge in [0.25, 0.3) is 0 Å². The molecule has 0 saturated carbocycles. The topological polar surface area (TPSA) is 75.4 Å². The maximum Gasteiger partial charge on any atom is 0.226 e. The molecule has 1 amide bonds. The maximum atomic E-state index is 11.9. The molecule has 112 valence electrons. The number of nitrogens with zero attached hydrogens (tertiary/aromatic N) is 1. The van der Waals surface area contributed by atoms with Crippen molar-refractivity contribution in [2.75, 3.05) is 6.61 Å². The van der Waals surface area contributed by atoms with Crippen molar-refractivity contribution >= 4 is 5.91 Å². The van der Waals surface area contributed by atoms with Gasteiger partial charge in [-0.2, -0.15) is 0 Å². The number of carbonyl (C=O) groups excluding carboxylic acids is 1. The molecule has 0 aliphatic carbocycles. The Hall–Kier alpha value is -2.14. The summed E-state index contributed by atoms with van der Waals surface area (Å²) >= 11 is 0. The highest BCUT2D eigenvalue weighted by molar-refractivity contribution is 5.78. The molecule has 2 rings (SSSR count).